The smallest absolute Gasteiger partial charge is 0.221 e. The molecule has 9 heteroatoms. The fourth-order valence-corrected chi connectivity index (χ4v) is 3.98. The van der Waals surface area contributed by atoms with E-state index in [2.05, 4.69) is 15.5 Å². The van der Waals surface area contributed by atoms with Crippen molar-refractivity contribution in [1.82, 2.24) is 14.8 Å². The summed E-state index contributed by atoms with van der Waals surface area (Å²) in [5, 5.41) is 21.2. The molecule has 3 aromatic rings. The van der Waals surface area contributed by atoms with Gasteiger partial charge >= 0.3 is 0 Å². The van der Waals surface area contributed by atoms with Crippen molar-refractivity contribution in [3.8, 4) is 17.1 Å². The lowest BCUT2D eigenvalue weighted by Gasteiger charge is -2.10. The topological polar surface area (TPSA) is 97.1 Å². The zero-order valence-corrected chi connectivity index (χ0v) is 16.9. The highest BCUT2D eigenvalue weighted by atomic mass is 32.2. The first-order chi connectivity index (χ1) is 14.4. The highest BCUT2D eigenvalue weighted by Crippen LogP contribution is 2.41. The van der Waals surface area contributed by atoms with Crippen LogP contribution in [0.2, 0.25) is 0 Å². The molecule has 1 aromatic heterocycles. The molecule has 7 nitrogen and oxygen atoms in total. The highest BCUT2D eigenvalue weighted by Gasteiger charge is 2.31. The van der Waals surface area contributed by atoms with E-state index in [0.29, 0.717) is 22.1 Å². The van der Waals surface area contributed by atoms with E-state index in [1.54, 1.807) is 18.2 Å². The number of phenols is 1. The summed E-state index contributed by atoms with van der Waals surface area (Å²) in [5.74, 6) is -0.465. The van der Waals surface area contributed by atoms with Crippen LogP contribution in [0.5, 0.6) is 5.75 Å². The Labute approximate surface area is 176 Å². The molecule has 1 saturated carbocycles. The summed E-state index contributed by atoms with van der Waals surface area (Å²) in [6.45, 7) is 1.32. The minimum absolute atomic E-state index is 0.0897. The van der Waals surface area contributed by atoms with Crippen molar-refractivity contribution in [2.45, 2.75) is 31.0 Å². The largest absolute Gasteiger partial charge is 0.506 e. The van der Waals surface area contributed by atoms with E-state index in [1.165, 1.54) is 43.0 Å². The van der Waals surface area contributed by atoms with Gasteiger partial charge in [0.1, 0.15) is 11.6 Å². The van der Waals surface area contributed by atoms with Gasteiger partial charge in [0, 0.05) is 18.5 Å². The third-order valence-corrected chi connectivity index (χ3v) is 5.60. The molecule has 0 radical (unpaired) electrons. The number of hydrogen-bond donors (Lipinski definition) is 2. The second kappa shape index (κ2) is 8.27. The second-order valence-electron chi connectivity index (χ2n) is 7.01. The van der Waals surface area contributed by atoms with E-state index in [9.17, 15) is 19.1 Å². The number of Topliss-reactive ketones (excluding diaryl/α,β-unsaturated/α-hetero) is 1. The number of anilines is 1. The van der Waals surface area contributed by atoms with Crippen molar-refractivity contribution < 1.29 is 19.1 Å². The number of halogens is 1. The van der Waals surface area contributed by atoms with Gasteiger partial charge in [0.2, 0.25) is 5.91 Å². The summed E-state index contributed by atoms with van der Waals surface area (Å²) < 4.78 is 16.2. The van der Waals surface area contributed by atoms with Gasteiger partial charge in [-0.3, -0.25) is 14.2 Å². The van der Waals surface area contributed by atoms with Gasteiger partial charge in [-0.25, -0.2) is 4.39 Å². The Bertz CT molecular complexity index is 1130. The maximum Gasteiger partial charge on any atom is 0.221 e. The number of carbonyl (C=O) groups excluding carboxylic acids is 2. The number of aromatic nitrogens is 3. The summed E-state index contributed by atoms with van der Waals surface area (Å²) in [5.41, 5.74) is 0.922. The fraction of sp³-hybridized carbons (Fsp3) is 0.238. The number of rotatable bonds is 7. The number of benzene rings is 2. The molecule has 1 aliphatic rings. The zero-order chi connectivity index (χ0) is 21.3. The number of nitrogens with one attached hydrogen (secondary N) is 1. The summed E-state index contributed by atoms with van der Waals surface area (Å²) in [6.07, 6.45) is 1.91. The van der Waals surface area contributed by atoms with Crippen LogP contribution in [-0.2, 0) is 4.79 Å². The standard InChI is InChI=1S/C21H19FN4O3S/c1-12(27)23-17-10-13(6-9-18(17)28)19(29)11-30-21-25-24-20(26(21)14-7-8-14)15-4-2-3-5-16(15)22/h2-6,9-10,14,28H,7-8,11H2,1H3,(H,23,27). The van der Waals surface area contributed by atoms with Gasteiger partial charge in [0.25, 0.3) is 0 Å². The molecule has 1 amide bonds. The van der Waals surface area contributed by atoms with Crippen molar-refractivity contribution in [2.75, 3.05) is 11.1 Å². The Morgan fingerprint density at radius 2 is 2.00 bits per heavy atom. The van der Waals surface area contributed by atoms with E-state index < -0.39 is 0 Å². The summed E-state index contributed by atoms with van der Waals surface area (Å²) in [7, 11) is 0. The molecule has 1 fully saturated rings. The Morgan fingerprint density at radius 3 is 2.70 bits per heavy atom. The molecule has 0 atom stereocenters. The number of thioether (sulfide) groups is 1. The first-order valence-electron chi connectivity index (χ1n) is 9.40. The van der Waals surface area contributed by atoms with Crippen LogP contribution in [0, 0.1) is 5.82 Å². The molecule has 1 aliphatic carbocycles. The first kappa shape index (κ1) is 20.1. The van der Waals surface area contributed by atoms with Gasteiger partial charge in [-0.15, -0.1) is 10.2 Å². The van der Waals surface area contributed by atoms with Crippen LogP contribution in [0.15, 0.2) is 47.6 Å². The molecule has 4 rings (SSSR count). The monoisotopic (exact) mass is 426 g/mol. The average Bonchev–Trinajstić information content (AvgIpc) is 3.47. The van der Waals surface area contributed by atoms with Crippen molar-refractivity contribution in [1.29, 1.82) is 0 Å². The van der Waals surface area contributed by atoms with Crippen molar-refractivity contribution in [3.05, 3.63) is 53.8 Å². The molecule has 154 valence electrons. The van der Waals surface area contributed by atoms with E-state index in [0.717, 1.165) is 12.8 Å². The van der Waals surface area contributed by atoms with Gasteiger partial charge in [0.15, 0.2) is 16.8 Å². The lowest BCUT2D eigenvalue weighted by atomic mass is 10.1. The Balaban J connectivity index is 1.54. The molecular weight excluding hydrogens is 407 g/mol. The van der Waals surface area contributed by atoms with Gasteiger partial charge in [0.05, 0.1) is 17.0 Å². The summed E-state index contributed by atoms with van der Waals surface area (Å²) in [4.78, 5) is 23.9. The molecule has 0 spiro atoms. The Kier molecular flexibility index (Phi) is 5.54. The highest BCUT2D eigenvalue weighted by molar-refractivity contribution is 7.99. The van der Waals surface area contributed by atoms with E-state index in [-0.39, 0.29) is 40.7 Å². The predicted molar refractivity (Wildman–Crippen MR) is 111 cm³/mol. The zero-order valence-electron chi connectivity index (χ0n) is 16.1. The average molecular weight is 426 g/mol. The van der Waals surface area contributed by atoms with Gasteiger partial charge in [-0.2, -0.15) is 0 Å². The van der Waals surface area contributed by atoms with E-state index in [1.807, 2.05) is 4.57 Å². The molecule has 2 N–H and O–H groups in total. The van der Waals surface area contributed by atoms with E-state index in [4.69, 9.17) is 0 Å². The van der Waals surface area contributed by atoms with Crippen molar-refractivity contribution in [2.24, 2.45) is 0 Å². The van der Waals surface area contributed by atoms with Crippen LogP contribution >= 0.6 is 11.8 Å². The minimum Gasteiger partial charge on any atom is -0.506 e. The van der Waals surface area contributed by atoms with Gasteiger partial charge < -0.3 is 10.4 Å². The second-order valence-corrected chi connectivity index (χ2v) is 7.95. The minimum atomic E-state index is -0.367. The molecular formula is C21H19FN4O3S. The number of ketones is 1. The number of hydrogen-bond acceptors (Lipinski definition) is 6. The molecule has 0 unspecified atom stereocenters. The van der Waals surface area contributed by atoms with E-state index >= 15 is 0 Å². The lowest BCUT2D eigenvalue weighted by Crippen LogP contribution is -2.09. The van der Waals surface area contributed by atoms with Crippen molar-refractivity contribution in [3.63, 3.8) is 0 Å². The molecule has 1 heterocycles. The van der Waals surface area contributed by atoms with Crippen molar-refractivity contribution >= 4 is 29.1 Å². The van der Waals surface area contributed by atoms with Crippen LogP contribution in [0.1, 0.15) is 36.2 Å². The number of phenolic OH excluding ortho intramolecular Hbond substituents is 1. The molecule has 0 bridgehead atoms. The third kappa shape index (κ3) is 4.20. The maximum absolute atomic E-state index is 14.3. The van der Waals surface area contributed by atoms with Crippen LogP contribution in [0.25, 0.3) is 11.4 Å². The lowest BCUT2D eigenvalue weighted by molar-refractivity contribution is -0.114. The fourth-order valence-electron chi connectivity index (χ4n) is 3.08. The molecule has 30 heavy (non-hydrogen) atoms. The third-order valence-electron chi connectivity index (χ3n) is 4.65. The predicted octanol–water partition coefficient (Wildman–Crippen LogP) is 4.06. The Morgan fingerprint density at radius 1 is 1.23 bits per heavy atom. The van der Waals surface area contributed by atoms with Crippen LogP contribution in [0.3, 0.4) is 0 Å². The van der Waals surface area contributed by atoms with Crippen LogP contribution < -0.4 is 5.32 Å². The summed E-state index contributed by atoms with van der Waals surface area (Å²) >= 11 is 1.23. The SMILES string of the molecule is CC(=O)Nc1cc(C(=O)CSc2nnc(-c3ccccc3F)n2C2CC2)ccc1O. The normalized spacial score (nSPS) is 13.3. The number of nitrogens with zero attached hydrogens (tertiary/aromatic N) is 3. The Hall–Kier alpha value is -3.20. The summed E-state index contributed by atoms with van der Waals surface area (Å²) in [6, 6.07) is 10.9. The van der Waals surface area contributed by atoms with Crippen LogP contribution in [-0.4, -0.2) is 37.3 Å². The van der Waals surface area contributed by atoms with Gasteiger partial charge in [-0.05, 0) is 43.2 Å². The maximum atomic E-state index is 14.3. The molecule has 0 aliphatic heterocycles. The van der Waals surface area contributed by atoms with Crippen LogP contribution in [0.4, 0.5) is 10.1 Å². The van der Waals surface area contributed by atoms with Gasteiger partial charge in [-0.1, -0.05) is 23.9 Å². The molecule has 2 aromatic carbocycles. The molecule has 0 saturated heterocycles. The number of amides is 1. The quantitative estimate of drug-likeness (QED) is 0.336. The first-order valence-corrected chi connectivity index (χ1v) is 10.4. The number of carbonyl (C=O) groups is 2. The number of aromatic hydroxyl groups is 1.